The van der Waals surface area contributed by atoms with Crippen LogP contribution in [0.2, 0.25) is 0 Å². The lowest BCUT2D eigenvalue weighted by Crippen LogP contribution is -2.47. The summed E-state index contributed by atoms with van der Waals surface area (Å²) in [6.07, 6.45) is -3.58. The maximum atomic E-state index is 12.7. The van der Waals surface area contributed by atoms with Crippen molar-refractivity contribution < 1.29 is 31.1 Å². The molecule has 0 spiro atoms. The molecule has 1 saturated heterocycles. The lowest BCUT2D eigenvalue weighted by atomic mass is 10.0. The van der Waals surface area contributed by atoms with Gasteiger partial charge >= 0.3 is 6.36 Å². The maximum Gasteiger partial charge on any atom is 0.573 e. The first-order valence-corrected chi connectivity index (χ1v) is 11.2. The van der Waals surface area contributed by atoms with Crippen molar-refractivity contribution in [2.75, 3.05) is 6.54 Å². The Morgan fingerprint density at radius 2 is 1.90 bits per heavy atom. The minimum Gasteiger partial charge on any atom is -0.406 e. The number of alkyl halides is 3. The number of carbonyl (C=O) groups is 1. The number of fused-ring (bicyclic) bond motifs is 2. The Morgan fingerprint density at radius 3 is 2.45 bits per heavy atom. The van der Waals surface area contributed by atoms with Gasteiger partial charge in [0.2, 0.25) is 10.0 Å². The molecule has 1 amide bonds. The van der Waals surface area contributed by atoms with E-state index in [1.54, 1.807) is 22.4 Å². The quantitative estimate of drug-likeness (QED) is 0.765. The summed E-state index contributed by atoms with van der Waals surface area (Å²) in [5.74, 6) is -0.665. The number of sulfonamides is 1. The van der Waals surface area contributed by atoms with Gasteiger partial charge in [-0.1, -0.05) is 6.07 Å². The first-order valence-electron chi connectivity index (χ1n) is 8.85. The van der Waals surface area contributed by atoms with Crippen molar-refractivity contribution in [1.29, 1.82) is 0 Å². The molecule has 1 aliphatic heterocycles. The van der Waals surface area contributed by atoms with Crippen LogP contribution in [-0.4, -0.2) is 44.2 Å². The second-order valence-electron chi connectivity index (χ2n) is 7.07. The van der Waals surface area contributed by atoms with Crippen LogP contribution in [0.3, 0.4) is 0 Å². The van der Waals surface area contributed by atoms with Crippen molar-refractivity contribution in [2.24, 2.45) is 5.92 Å². The highest BCUT2D eigenvalue weighted by atomic mass is 32.2. The minimum absolute atomic E-state index is 0.00604. The fourth-order valence-corrected chi connectivity index (χ4v) is 6.31. The maximum absolute atomic E-state index is 12.7. The standard InChI is InChI=1S/C18H17F3N2O4S2/c19-18(20,21)27-14-5-3-11(4-6-14)17(24)23-10-12-8-13(23)9-15(12)22-29(25,26)16-2-1-7-28-16/h1-7,12-13,15,22H,8-10H2/t12-,13-,15-/m0/s1. The molecule has 2 aliphatic rings. The fourth-order valence-electron chi connectivity index (χ4n) is 3.99. The van der Waals surface area contributed by atoms with E-state index < -0.39 is 16.4 Å². The molecule has 1 aromatic heterocycles. The van der Waals surface area contributed by atoms with Gasteiger partial charge in [0.1, 0.15) is 9.96 Å². The number of ether oxygens (including phenoxy) is 1. The molecule has 2 heterocycles. The number of hydrogen-bond acceptors (Lipinski definition) is 5. The van der Waals surface area contributed by atoms with Crippen molar-refractivity contribution in [3.05, 3.63) is 47.3 Å². The number of nitrogens with one attached hydrogen (secondary N) is 1. The molecular formula is C18H17F3N2O4S2. The summed E-state index contributed by atoms with van der Waals surface area (Å²) in [7, 11) is -3.57. The van der Waals surface area contributed by atoms with E-state index in [0.717, 1.165) is 23.5 Å². The molecule has 2 bridgehead atoms. The molecule has 0 radical (unpaired) electrons. The summed E-state index contributed by atoms with van der Waals surface area (Å²) in [6, 6.07) is 7.68. The summed E-state index contributed by atoms with van der Waals surface area (Å²) < 4.78 is 68.4. The predicted molar refractivity (Wildman–Crippen MR) is 99.1 cm³/mol. The van der Waals surface area contributed by atoms with Gasteiger partial charge < -0.3 is 9.64 Å². The molecule has 11 heteroatoms. The zero-order valence-corrected chi connectivity index (χ0v) is 16.6. The number of thiophene rings is 1. The molecule has 29 heavy (non-hydrogen) atoms. The molecule has 2 aromatic rings. The van der Waals surface area contributed by atoms with Gasteiger partial charge in [-0.3, -0.25) is 4.79 Å². The third-order valence-electron chi connectivity index (χ3n) is 5.20. The van der Waals surface area contributed by atoms with E-state index in [9.17, 15) is 26.4 Å². The number of piperidine rings is 1. The monoisotopic (exact) mass is 446 g/mol. The molecule has 1 aromatic carbocycles. The normalized spacial score (nSPS) is 24.1. The Labute approximate surface area is 169 Å². The van der Waals surface area contributed by atoms with Crippen LogP contribution in [0.5, 0.6) is 5.75 Å². The van der Waals surface area contributed by atoms with Crippen molar-refractivity contribution in [2.45, 2.75) is 35.5 Å². The van der Waals surface area contributed by atoms with Gasteiger partial charge in [0, 0.05) is 24.2 Å². The van der Waals surface area contributed by atoms with Crippen LogP contribution >= 0.6 is 11.3 Å². The predicted octanol–water partition coefficient (Wildman–Crippen LogP) is 3.23. The molecule has 3 atom stereocenters. The second-order valence-corrected chi connectivity index (χ2v) is 9.96. The number of carbonyl (C=O) groups excluding carboxylic acids is 1. The first-order chi connectivity index (χ1) is 13.6. The Morgan fingerprint density at radius 1 is 1.17 bits per heavy atom. The molecule has 0 unspecified atom stereocenters. The molecular weight excluding hydrogens is 429 g/mol. The van der Waals surface area contributed by atoms with Gasteiger partial charge in [0.15, 0.2) is 0 Å². The van der Waals surface area contributed by atoms with Gasteiger partial charge in [-0.25, -0.2) is 13.1 Å². The Balaban J connectivity index is 1.39. The lowest BCUT2D eigenvalue weighted by Gasteiger charge is -2.31. The number of halogens is 3. The average molecular weight is 446 g/mol. The summed E-state index contributed by atoms with van der Waals surface area (Å²) in [6.45, 7) is 0.405. The molecule has 1 aliphatic carbocycles. The Bertz CT molecular complexity index is 991. The van der Waals surface area contributed by atoms with E-state index in [1.807, 2.05) is 0 Å². The zero-order valence-electron chi connectivity index (χ0n) is 14.9. The van der Waals surface area contributed by atoms with E-state index in [1.165, 1.54) is 12.1 Å². The van der Waals surface area contributed by atoms with Crippen LogP contribution in [0.25, 0.3) is 0 Å². The second kappa shape index (κ2) is 7.29. The van der Waals surface area contributed by atoms with Gasteiger partial charge in [0.05, 0.1) is 0 Å². The van der Waals surface area contributed by atoms with Crippen molar-refractivity contribution in [1.82, 2.24) is 9.62 Å². The number of benzene rings is 1. The average Bonchev–Trinajstić information content (AvgIpc) is 3.37. The molecule has 1 N–H and O–H groups in total. The van der Waals surface area contributed by atoms with Crippen molar-refractivity contribution >= 4 is 27.3 Å². The summed E-state index contributed by atoms with van der Waals surface area (Å²) >= 11 is 1.14. The van der Waals surface area contributed by atoms with E-state index in [2.05, 4.69) is 9.46 Å². The van der Waals surface area contributed by atoms with Gasteiger partial charge in [-0.05, 0) is 54.5 Å². The van der Waals surface area contributed by atoms with Gasteiger partial charge in [-0.2, -0.15) is 0 Å². The van der Waals surface area contributed by atoms with Gasteiger partial charge in [0.25, 0.3) is 5.91 Å². The summed E-state index contributed by atoms with van der Waals surface area (Å²) in [4.78, 5) is 14.4. The number of hydrogen-bond donors (Lipinski definition) is 1. The van der Waals surface area contributed by atoms with Crippen molar-refractivity contribution in [3.8, 4) is 5.75 Å². The highest BCUT2D eigenvalue weighted by molar-refractivity contribution is 7.91. The zero-order chi connectivity index (χ0) is 20.8. The highest BCUT2D eigenvalue weighted by Gasteiger charge is 2.47. The van der Waals surface area contributed by atoms with Gasteiger partial charge in [-0.15, -0.1) is 24.5 Å². The summed E-state index contributed by atoms with van der Waals surface area (Å²) in [5.41, 5.74) is 0.266. The molecule has 6 nitrogen and oxygen atoms in total. The Hall–Kier alpha value is -2.11. The van der Waals surface area contributed by atoms with Crippen LogP contribution in [0.15, 0.2) is 46.0 Å². The van der Waals surface area contributed by atoms with E-state index in [-0.39, 0.29) is 39.4 Å². The van der Waals surface area contributed by atoms with E-state index in [4.69, 9.17) is 0 Å². The van der Waals surface area contributed by atoms with Crippen LogP contribution < -0.4 is 9.46 Å². The van der Waals surface area contributed by atoms with E-state index >= 15 is 0 Å². The van der Waals surface area contributed by atoms with Crippen LogP contribution in [-0.2, 0) is 10.0 Å². The minimum atomic E-state index is -4.79. The largest absolute Gasteiger partial charge is 0.573 e. The Kier molecular flexibility index (Phi) is 5.07. The number of amides is 1. The smallest absolute Gasteiger partial charge is 0.406 e. The molecule has 2 fully saturated rings. The molecule has 4 rings (SSSR count). The van der Waals surface area contributed by atoms with Crippen LogP contribution in [0.1, 0.15) is 23.2 Å². The first kappa shape index (κ1) is 20.2. The highest BCUT2D eigenvalue weighted by Crippen LogP contribution is 2.39. The van der Waals surface area contributed by atoms with Crippen LogP contribution in [0, 0.1) is 5.92 Å². The lowest BCUT2D eigenvalue weighted by molar-refractivity contribution is -0.274. The SMILES string of the molecule is O=C(c1ccc(OC(F)(F)F)cc1)N1C[C@@H]2C[C@H]1C[C@@H]2NS(=O)(=O)c1cccs1. The molecule has 156 valence electrons. The summed E-state index contributed by atoms with van der Waals surface area (Å²) in [5, 5.41) is 1.70. The topological polar surface area (TPSA) is 75.7 Å². The fraction of sp³-hybridized carbons (Fsp3) is 0.389. The molecule has 1 saturated carbocycles. The number of likely N-dealkylation sites (tertiary alicyclic amines) is 1. The third kappa shape index (κ3) is 4.26. The number of nitrogens with zero attached hydrogens (tertiary/aromatic N) is 1. The van der Waals surface area contributed by atoms with E-state index in [0.29, 0.717) is 19.4 Å². The third-order valence-corrected chi connectivity index (χ3v) is 8.09. The number of rotatable bonds is 5. The van der Waals surface area contributed by atoms with Crippen LogP contribution in [0.4, 0.5) is 13.2 Å². The van der Waals surface area contributed by atoms with Crippen molar-refractivity contribution in [3.63, 3.8) is 0 Å².